The molecule has 0 saturated carbocycles. The van der Waals surface area contributed by atoms with Crippen LogP contribution < -0.4 is 10.6 Å². The molecule has 3 N–H and O–H groups in total. The number of amides is 2. The molecule has 1 rings (SSSR count). The number of hydrogen-bond donors (Lipinski definition) is 3. The van der Waals surface area contributed by atoms with E-state index in [0.717, 1.165) is 5.56 Å². The summed E-state index contributed by atoms with van der Waals surface area (Å²) in [5.41, 5.74) is 0.881. The molecule has 21 heavy (non-hydrogen) atoms. The Labute approximate surface area is 127 Å². The minimum Gasteiger partial charge on any atom is -0.396 e. The predicted octanol–water partition coefficient (Wildman–Crippen LogP) is 2.07. The van der Waals surface area contributed by atoms with Crippen LogP contribution in [0.15, 0.2) is 24.5 Å². The molecule has 0 aromatic carbocycles. The van der Waals surface area contributed by atoms with Gasteiger partial charge in [-0.2, -0.15) is 0 Å². The van der Waals surface area contributed by atoms with E-state index in [1.54, 1.807) is 12.4 Å². The molecule has 5 heteroatoms. The minimum absolute atomic E-state index is 0.104. The highest BCUT2D eigenvalue weighted by atomic mass is 16.3. The Kier molecular flexibility index (Phi) is 6.15. The van der Waals surface area contributed by atoms with E-state index in [2.05, 4.69) is 29.5 Å². The number of aromatic nitrogens is 1. The molecule has 0 unspecified atom stereocenters. The van der Waals surface area contributed by atoms with Crippen molar-refractivity contribution in [3.8, 4) is 0 Å². The Hall–Kier alpha value is -1.62. The van der Waals surface area contributed by atoms with Crippen molar-refractivity contribution >= 4 is 6.03 Å². The Balaban J connectivity index is 2.43. The summed E-state index contributed by atoms with van der Waals surface area (Å²) in [4.78, 5) is 15.9. The summed E-state index contributed by atoms with van der Waals surface area (Å²) in [6.07, 6.45) is 4.18. The van der Waals surface area contributed by atoms with Crippen molar-refractivity contribution in [1.29, 1.82) is 0 Å². The monoisotopic (exact) mass is 293 g/mol. The van der Waals surface area contributed by atoms with E-state index in [0.29, 0.717) is 19.5 Å². The van der Waals surface area contributed by atoms with Gasteiger partial charge in [0.2, 0.25) is 0 Å². The van der Waals surface area contributed by atoms with Crippen molar-refractivity contribution in [3.05, 3.63) is 30.1 Å². The predicted molar refractivity (Wildman–Crippen MR) is 84.1 cm³/mol. The Bertz CT molecular complexity index is 444. The molecule has 0 bridgehead atoms. The van der Waals surface area contributed by atoms with Crippen LogP contribution in [0.5, 0.6) is 0 Å². The fourth-order valence-electron chi connectivity index (χ4n) is 1.98. The van der Waals surface area contributed by atoms with Gasteiger partial charge in [0, 0.05) is 37.5 Å². The van der Waals surface area contributed by atoms with Gasteiger partial charge in [-0.3, -0.25) is 4.98 Å². The summed E-state index contributed by atoms with van der Waals surface area (Å²) < 4.78 is 0. The normalized spacial score (nSPS) is 12.0. The molecule has 0 aliphatic heterocycles. The second kappa shape index (κ2) is 7.41. The number of rotatable bonds is 7. The molecule has 0 aliphatic rings. The molecule has 1 aromatic rings. The van der Waals surface area contributed by atoms with Gasteiger partial charge in [0.15, 0.2) is 0 Å². The van der Waals surface area contributed by atoms with E-state index < -0.39 is 0 Å². The Morgan fingerprint density at radius 3 is 2.29 bits per heavy atom. The number of carbonyl (C=O) groups is 1. The fraction of sp³-hybridized carbons (Fsp3) is 0.625. The van der Waals surface area contributed by atoms with Crippen molar-refractivity contribution < 1.29 is 9.90 Å². The SMILES string of the molecule is CC(C)(CCO)CNC(=O)NCC(C)(C)c1ccncc1. The van der Waals surface area contributed by atoms with Crippen LogP contribution in [-0.4, -0.2) is 35.8 Å². The summed E-state index contributed by atoms with van der Waals surface area (Å²) in [6.45, 7) is 9.41. The van der Waals surface area contributed by atoms with Crippen molar-refractivity contribution in [2.24, 2.45) is 5.41 Å². The third-order valence-corrected chi connectivity index (χ3v) is 3.67. The van der Waals surface area contributed by atoms with Gasteiger partial charge in [0.1, 0.15) is 0 Å². The lowest BCUT2D eigenvalue weighted by molar-refractivity contribution is 0.200. The third kappa shape index (κ3) is 6.12. The number of aliphatic hydroxyl groups excluding tert-OH is 1. The van der Waals surface area contributed by atoms with Crippen molar-refractivity contribution in [3.63, 3.8) is 0 Å². The number of hydrogen-bond acceptors (Lipinski definition) is 3. The first-order valence-corrected chi connectivity index (χ1v) is 7.30. The molecule has 0 saturated heterocycles. The zero-order chi connectivity index (χ0) is 15.9. The number of carbonyl (C=O) groups excluding carboxylic acids is 1. The van der Waals surface area contributed by atoms with Gasteiger partial charge in [0.25, 0.3) is 0 Å². The largest absolute Gasteiger partial charge is 0.396 e. The van der Waals surface area contributed by atoms with E-state index in [1.807, 2.05) is 26.0 Å². The van der Waals surface area contributed by atoms with E-state index in [4.69, 9.17) is 5.11 Å². The second-order valence-corrected chi connectivity index (χ2v) is 6.79. The van der Waals surface area contributed by atoms with Crippen LogP contribution in [0.1, 0.15) is 39.7 Å². The Morgan fingerprint density at radius 1 is 1.14 bits per heavy atom. The average molecular weight is 293 g/mol. The molecule has 1 aromatic heterocycles. The van der Waals surface area contributed by atoms with Crippen LogP contribution in [-0.2, 0) is 5.41 Å². The molecule has 1 heterocycles. The van der Waals surface area contributed by atoms with Gasteiger partial charge in [-0.1, -0.05) is 27.7 Å². The number of urea groups is 1. The van der Waals surface area contributed by atoms with Crippen LogP contribution >= 0.6 is 0 Å². The lowest BCUT2D eigenvalue weighted by atomic mass is 9.85. The first kappa shape index (κ1) is 17.4. The molecule has 118 valence electrons. The summed E-state index contributed by atoms with van der Waals surface area (Å²) in [5, 5.41) is 14.7. The summed E-state index contributed by atoms with van der Waals surface area (Å²) in [5.74, 6) is 0. The maximum atomic E-state index is 11.9. The molecule has 2 amide bonds. The van der Waals surface area contributed by atoms with Crippen LogP contribution in [0.25, 0.3) is 0 Å². The highest BCUT2D eigenvalue weighted by molar-refractivity contribution is 5.74. The molecule has 0 atom stereocenters. The zero-order valence-corrected chi connectivity index (χ0v) is 13.4. The van der Waals surface area contributed by atoms with Gasteiger partial charge in [-0.05, 0) is 29.5 Å². The third-order valence-electron chi connectivity index (χ3n) is 3.67. The van der Waals surface area contributed by atoms with Crippen molar-refractivity contribution in [1.82, 2.24) is 15.6 Å². The summed E-state index contributed by atoms with van der Waals surface area (Å²) in [7, 11) is 0. The lowest BCUT2D eigenvalue weighted by Gasteiger charge is -2.27. The topological polar surface area (TPSA) is 74.2 Å². The van der Waals surface area contributed by atoms with Crippen molar-refractivity contribution in [2.75, 3.05) is 19.7 Å². The van der Waals surface area contributed by atoms with Crippen LogP contribution in [0.4, 0.5) is 4.79 Å². The lowest BCUT2D eigenvalue weighted by Crippen LogP contribution is -2.45. The highest BCUT2D eigenvalue weighted by Gasteiger charge is 2.22. The van der Waals surface area contributed by atoms with Gasteiger partial charge < -0.3 is 15.7 Å². The summed E-state index contributed by atoms with van der Waals surface area (Å²) >= 11 is 0. The first-order chi connectivity index (χ1) is 9.77. The first-order valence-electron chi connectivity index (χ1n) is 7.30. The number of aliphatic hydroxyl groups is 1. The van der Waals surface area contributed by atoms with E-state index in [1.165, 1.54) is 0 Å². The molecular weight excluding hydrogens is 266 g/mol. The smallest absolute Gasteiger partial charge is 0.314 e. The summed E-state index contributed by atoms with van der Waals surface area (Å²) in [6, 6.07) is 3.75. The highest BCUT2D eigenvalue weighted by Crippen LogP contribution is 2.21. The van der Waals surface area contributed by atoms with Crippen LogP contribution in [0.2, 0.25) is 0 Å². The van der Waals surface area contributed by atoms with E-state index in [-0.39, 0.29) is 23.5 Å². The quantitative estimate of drug-likeness (QED) is 0.720. The average Bonchev–Trinajstić information content (AvgIpc) is 2.44. The van der Waals surface area contributed by atoms with E-state index in [9.17, 15) is 4.79 Å². The second-order valence-electron chi connectivity index (χ2n) is 6.79. The fourth-order valence-corrected chi connectivity index (χ4v) is 1.98. The van der Waals surface area contributed by atoms with Crippen molar-refractivity contribution in [2.45, 2.75) is 39.5 Å². The zero-order valence-electron chi connectivity index (χ0n) is 13.4. The van der Waals surface area contributed by atoms with Crippen LogP contribution in [0, 0.1) is 5.41 Å². The molecule has 0 aliphatic carbocycles. The number of pyridine rings is 1. The standard InChI is InChI=1S/C16H27N3O2/c1-15(2,7-10-20)11-18-14(21)19-12-16(3,4)13-5-8-17-9-6-13/h5-6,8-9,20H,7,10-12H2,1-4H3,(H2,18,19,21). The Morgan fingerprint density at radius 2 is 1.71 bits per heavy atom. The molecule has 0 radical (unpaired) electrons. The number of nitrogens with one attached hydrogen (secondary N) is 2. The van der Waals surface area contributed by atoms with Gasteiger partial charge in [0.05, 0.1) is 0 Å². The van der Waals surface area contributed by atoms with Gasteiger partial charge in [-0.25, -0.2) is 4.79 Å². The molecule has 0 spiro atoms. The van der Waals surface area contributed by atoms with E-state index >= 15 is 0 Å². The molecular formula is C16H27N3O2. The maximum Gasteiger partial charge on any atom is 0.314 e. The number of nitrogens with zero attached hydrogens (tertiary/aromatic N) is 1. The molecule has 0 fully saturated rings. The minimum atomic E-state index is -0.178. The van der Waals surface area contributed by atoms with Crippen LogP contribution in [0.3, 0.4) is 0 Å². The maximum absolute atomic E-state index is 11.9. The molecule has 5 nitrogen and oxygen atoms in total. The van der Waals surface area contributed by atoms with Gasteiger partial charge in [-0.15, -0.1) is 0 Å². The van der Waals surface area contributed by atoms with Gasteiger partial charge >= 0.3 is 6.03 Å².